The van der Waals surface area contributed by atoms with Gasteiger partial charge >= 0.3 is 0 Å². The van der Waals surface area contributed by atoms with E-state index in [9.17, 15) is 4.79 Å². The van der Waals surface area contributed by atoms with Gasteiger partial charge in [0.15, 0.2) is 0 Å². The Hall–Kier alpha value is -1.00. The molecule has 1 N–H and O–H groups in total. The maximum Gasteiger partial charge on any atom is 0.232 e. The highest BCUT2D eigenvalue weighted by atomic mass is 32.2. The summed E-state index contributed by atoms with van der Waals surface area (Å²) in [5, 5.41) is 3.22. The van der Waals surface area contributed by atoms with Gasteiger partial charge < -0.3 is 10.2 Å². The van der Waals surface area contributed by atoms with Crippen molar-refractivity contribution in [2.75, 3.05) is 32.4 Å². The minimum absolute atomic E-state index is 0.274. The Morgan fingerprint density at radius 1 is 1.40 bits per heavy atom. The Balaban J connectivity index is 1.80. The number of nitrogens with zero attached hydrogens (tertiary/aromatic N) is 1. The molecular formula is C16H24N2OS. The van der Waals surface area contributed by atoms with E-state index in [1.807, 2.05) is 11.9 Å². The number of benzene rings is 1. The molecule has 1 aromatic rings. The topological polar surface area (TPSA) is 32.3 Å². The van der Waals surface area contributed by atoms with Crippen LogP contribution in [0.25, 0.3) is 0 Å². The molecule has 0 radical (unpaired) electrons. The van der Waals surface area contributed by atoms with Crippen molar-refractivity contribution < 1.29 is 4.79 Å². The fourth-order valence-electron chi connectivity index (χ4n) is 2.62. The van der Waals surface area contributed by atoms with E-state index in [0.29, 0.717) is 11.7 Å². The molecule has 1 unspecified atom stereocenters. The minimum Gasteiger partial charge on any atom is -0.342 e. The molecule has 0 aliphatic carbocycles. The summed E-state index contributed by atoms with van der Waals surface area (Å²) in [5.74, 6) is 1.44. The molecule has 3 nitrogen and oxygen atoms in total. The van der Waals surface area contributed by atoms with Gasteiger partial charge in [-0.25, -0.2) is 0 Å². The van der Waals surface area contributed by atoms with Crippen molar-refractivity contribution in [2.24, 2.45) is 5.92 Å². The summed E-state index contributed by atoms with van der Waals surface area (Å²) in [7, 11) is 1.98. The van der Waals surface area contributed by atoms with E-state index in [0.717, 1.165) is 26.1 Å². The number of aryl methyl sites for hydroxylation is 1. The summed E-state index contributed by atoms with van der Waals surface area (Å²) >= 11 is 1.64. The molecule has 1 atom stereocenters. The van der Waals surface area contributed by atoms with Gasteiger partial charge in [0, 0.05) is 18.0 Å². The third kappa shape index (κ3) is 4.53. The summed E-state index contributed by atoms with van der Waals surface area (Å²) in [6, 6.07) is 8.37. The van der Waals surface area contributed by atoms with Crippen LogP contribution in [0, 0.1) is 12.8 Å². The zero-order valence-corrected chi connectivity index (χ0v) is 13.2. The lowest BCUT2D eigenvalue weighted by Gasteiger charge is -2.32. The van der Waals surface area contributed by atoms with Crippen LogP contribution in [0.2, 0.25) is 0 Å². The van der Waals surface area contributed by atoms with E-state index in [2.05, 4.69) is 36.5 Å². The van der Waals surface area contributed by atoms with Crippen LogP contribution >= 0.6 is 11.8 Å². The van der Waals surface area contributed by atoms with Crippen molar-refractivity contribution in [3.05, 3.63) is 29.8 Å². The summed E-state index contributed by atoms with van der Waals surface area (Å²) < 4.78 is 0. The first-order valence-corrected chi connectivity index (χ1v) is 8.29. The number of hydrogen-bond acceptors (Lipinski definition) is 3. The van der Waals surface area contributed by atoms with Crippen LogP contribution in [0.1, 0.15) is 18.4 Å². The summed E-state index contributed by atoms with van der Waals surface area (Å²) in [4.78, 5) is 15.5. The second-order valence-corrected chi connectivity index (χ2v) is 6.56. The average Bonchev–Trinajstić information content (AvgIpc) is 2.47. The molecule has 1 fully saturated rings. The Labute approximate surface area is 126 Å². The van der Waals surface area contributed by atoms with Crippen molar-refractivity contribution in [1.29, 1.82) is 0 Å². The average molecular weight is 292 g/mol. The maximum absolute atomic E-state index is 12.3. The van der Waals surface area contributed by atoms with E-state index >= 15 is 0 Å². The SMILES string of the molecule is CNCC1CCCN(C(=O)CSc2ccc(C)cc2)C1. The fraction of sp³-hybridized carbons (Fsp3) is 0.562. The molecule has 1 saturated heterocycles. The zero-order valence-electron chi connectivity index (χ0n) is 12.4. The molecule has 110 valence electrons. The van der Waals surface area contributed by atoms with Gasteiger partial charge in [0.25, 0.3) is 0 Å². The number of rotatable bonds is 5. The number of carbonyl (C=O) groups excluding carboxylic acids is 1. The summed E-state index contributed by atoms with van der Waals surface area (Å²) in [5.41, 5.74) is 1.26. The standard InChI is InChI=1S/C16H24N2OS/c1-13-5-7-15(8-6-13)20-12-16(19)18-9-3-4-14(11-18)10-17-2/h5-8,14,17H,3-4,9-12H2,1-2H3. The van der Waals surface area contributed by atoms with Gasteiger partial charge in [0.2, 0.25) is 5.91 Å². The molecule has 20 heavy (non-hydrogen) atoms. The Morgan fingerprint density at radius 2 is 2.15 bits per heavy atom. The number of carbonyl (C=O) groups is 1. The third-order valence-electron chi connectivity index (χ3n) is 3.75. The van der Waals surface area contributed by atoms with Crippen molar-refractivity contribution >= 4 is 17.7 Å². The van der Waals surface area contributed by atoms with Crippen LogP contribution in [0.5, 0.6) is 0 Å². The molecule has 0 saturated carbocycles. The van der Waals surface area contributed by atoms with E-state index in [4.69, 9.17) is 0 Å². The molecule has 0 bridgehead atoms. The quantitative estimate of drug-likeness (QED) is 0.847. The van der Waals surface area contributed by atoms with Crippen LogP contribution in [0.4, 0.5) is 0 Å². The summed E-state index contributed by atoms with van der Waals surface area (Å²) in [6.45, 7) is 4.92. The van der Waals surface area contributed by atoms with Gasteiger partial charge in [-0.3, -0.25) is 4.79 Å². The highest BCUT2D eigenvalue weighted by molar-refractivity contribution is 8.00. The molecular weight excluding hydrogens is 268 g/mol. The molecule has 1 aliphatic rings. The van der Waals surface area contributed by atoms with Crippen molar-refractivity contribution in [3.8, 4) is 0 Å². The third-order valence-corrected chi connectivity index (χ3v) is 4.74. The van der Waals surface area contributed by atoms with Crippen molar-refractivity contribution in [1.82, 2.24) is 10.2 Å². The first-order valence-electron chi connectivity index (χ1n) is 7.31. The number of hydrogen-bond donors (Lipinski definition) is 1. The Morgan fingerprint density at radius 3 is 2.85 bits per heavy atom. The van der Waals surface area contributed by atoms with Gasteiger partial charge in [0.05, 0.1) is 5.75 Å². The molecule has 1 aromatic carbocycles. The molecule has 1 amide bonds. The maximum atomic E-state index is 12.3. The number of thioether (sulfide) groups is 1. The molecule has 2 rings (SSSR count). The molecule has 4 heteroatoms. The van der Waals surface area contributed by atoms with Gasteiger partial charge in [-0.15, -0.1) is 11.8 Å². The predicted molar refractivity (Wildman–Crippen MR) is 85.1 cm³/mol. The summed E-state index contributed by atoms with van der Waals surface area (Å²) in [6.07, 6.45) is 2.36. The molecule has 1 heterocycles. The van der Waals surface area contributed by atoms with Gasteiger partial charge in [-0.05, 0) is 51.4 Å². The smallest absolute Gasteiger partial charge is 0.232 e. The highest BCUT2D eigenvalue weighted by Gasteiger charge is 2.22. The lowest BCUT2D eigenvalue weighted by Crippen LogP contribution is -2.43. The van der Waals surface area contributed by atoms with Crippen LogP contribution in [-0.2, 0) is 4.79 Å². The minimum atomic E-state index is 0.274. The Kier molecular flexibility index (Phi) is 5.92. The first-order chi connectivity index (χ1) is 9.69. The van der Waals surface area contributed by atoms with Gasteiger partial charge in [-0.1, -0.05) is 17.7 Å². The van der Waals surface area contributed by atoms with Crippen LogP contribution in [-0.4, -0.2) is 43.2 Å². The van der Waals surface area contributed by atoms with Crippen LogP contribution in [0.15, 0.2) is 29.2 Å². The van der Waals surface area contributed by atoms with Crippen LogP contribution < -0.4 is 5.32 Å². The number of amides is 1. The largest absolute Gasteiger partial charge is 0.342 e. The highest BCUT2D eigenvalue weighted by Crippen LogP contribution is 2.21. The van der Waals surface area contributed by atoms with Crippen molar-refractivity contribution in [2.45, 2.75) is 24.7 Å². The molecule has 0 aromatic heterocycles. The second-order valence-electron chi connectivity index (χ2n) is 5.51. The van der Waals surface area contributed by atoms with E-state index < -0.39 is 0 Å². The number of piperidine rings is 1. The van der Waals surface area contributed by atoms with E-state index in [1.54, 1.807) is 11.8 Å². The molecule has 1 aliphatic heterocycles. The lowest BCUT2D eigenvalue weighted by atomic mass is 9.98. The second kappa shape index (κ2) is 7.70. The monoisotopic (exact) mass is 292 g/mol. The van der Waals surface area contributed by atoms with Crippen molar-refractivity contribution in [3.63, 3.8) is 0 Å². The lowest BCUT2D eigenvalue weighted by molar-refractivity contribution is -0.130. The van der Waals surface area contributed by atoms with Gasteiger partial charge in [-0.2, -0.15) is 0 Å². The Bertz CT molecular complexity index is 431. The van der Waals surface area contributed by atoms with Crippen LogP contribution in [0.3, 0.4) is 0 Å². The normalized spacial score (nSPS) is 19.1. The number of nitrogens with one attached hydrogen (secondary N) is 1. The fourth-order valence-corrected chi connectivity index (χ4v) is 3.42. The zero-order chi connectivity index (χ0) is 14.4. The molecule has 0 spiro atoms. The number of likely N-dealkylation sites (tertiary alicyclic amines) is 1. The predicted octanol–water partition coefficient (Wildman–Crippen LogP) is 2.55. The van der Waals surface area contributed by atoms with E-state index in [1.165, 1.54) is 16.9 Å². The van der Waals surface area contributed by atoms with Gasteiger partial charge in [0.1, 0.15) is 0 Å². The van der Waals surface area contributed by atoms with E-state index in [-0.39, 0.29) is 5.91 Å². The first kappa shape index (κ1) is 15.4.